The first-order valence-corrected chi connectivity index (χ1v) is 7.43. The molecule has 0 amide bonds. The van der Waals surface area contributed by atoms with Crippen LogP contribution in [0, 0.1) is 13.8 Å². The first-order chi connectivity index (χ1) is 9.88. The fourth-order valence-corrected chi connectivity index (χ4v) is 2.65. The predicted molar refractivity (Wildman–Crippen MR) is 96.6 cm³/mol. The van der Waals surface area contributed by atoms with Crippen molar-refractivity contribution < 1.29 is 0 Å². The molecule has 0 fully saturated rings. The fourth-order valence-electron chi connectivity index (χ4n) is 1.94. The molecule has 2 rings (SSSR count). The van der Waals surface area contributed by atoms with Crippen LogP contribution in [0.1, 0.15) is 11.1 Å². The molecular formula is C15H15Cl2N3S. The highest BCUT2D eigenvalue weighted by atomic mass is 35.5. The Hall–Kier alpha value is -1.49. The van der Waals surface area contributed by atoms with E-state index >= 15 is 0 Å². The van der Waals surface area contributed by atoms with Crippen molar-refractivity contribution in [1.29, 1.82) is 0 Å². The molecule has 110 valence electrons. The van der Waals surface area contributed by atoms with Crippen molar-refractivity contribution in [3.8, 4) is 0 Å². The number of benzene rings is 2. The number of thiocarbonyl (C=S) groups is 1. The molecule has 0 unspecified atom stereocenters. The number of nitrogens with one attached hydrogen (secondary N) is 2. The molecule has 0 bridgehead atoms. The minimum atomic E-state index is 0.359. The lowest BCUT2D eigenvalue weighted by molar-refractivity contribution is 1.37. The zero-order valence-electron chi connectivity index (χ0n) is 11.6. The van der Waals surface area contributed by atoms with Gasteiger partial charge in [-0.15, -0.1) is 0 Å². The number of anilines is 3. The molecule has 4 N–H and O–H groups in total. The third-order valence-electron chi connectivity index (χ3n) is 3.06. The van der Waals surface area contributed by atoms with E-state index in [-0.39, 0.29) is 0 Å². The number of para-hydroxylation sites is 1. The molecule has 0 spiro atoms. The van der Waals surface area contributed by atoms with Gasteiger partial charge in [-0.05, 0) is 49.3 Å². The summed E-state index contributed by atoms with van der Waals surface area (Å²) in [4.78, 5) is 0. The van der Waals surface area contributed by atoms with Crippen molar-refractivity contribution in [2.24, 2.45) is 0 Å². The molecule has 0 aliphatic heterocycles. The van der Waals surface area contributed by atoms with Crippen molar-refractivity contribution in [3.63, 3.8) is 0 Å². The van der Waals surface area contributed by atoms with Crippen molar-refractivity contribution in [2.75, 3.05) is 16.4 Å². The van der Waals surface area contributed by atoms with Crippen LogP contribution in [-0.4, -0.2) is 5.11 Å². The summed E-state index contributed by atoms with van der Waals surface area (Å²) in [6, 6.07) is 9.42. The van der Waals surface area contributed by atoms with Crippen molar-refractivity contribution in [1.82, 2.24) is 0 Å². The van der Waals surface area contributed by atoms with Crippen LogP contribution < -0.4 is 16.4 Å². The zero-order chi connectivity index (χ0) is 15.6. The number of halogens is 2. The van der Waals surface area contributed by atoms with Gasteiger partial charge < -0.3 is 16.4 Å². The SMILES string of the molecule is Cc1cccc(C)c1NC(=S)Nc1cc(Cl)c(N)c(Cl)c1. The fraction of sp³-hybridized carbons (Fsp3) is 0.133. The number of hydrogen-bond donors (Lipinski definition) is 3. The highest BCUT2D eigenvalue weighted by molar-refractivity contribution is 7.80. The van der Waals surface area contributed by atoms with Gasteiger partial charge in [-0.3, -0.25) is 0 Å². The average Bonchev–Trinajstić information content (AvgIpc) is 2.40. The molecule has 0 aliphatic carbocycles. The van der Waals surface area contributed by atoms with Crippen LogP contribution in [0.2, 0.25) is 10.0 Å². The molecule has 21 heavy (non-hydrogen) atoms. The summed E-state index contributed by atoms with van der Waals surface area (Å²) < 4.78 is 0. The molecule has 3 nitrogen and oxygen atoms in total. The predicted octanol–water partition coefficient (Wildman–Crippen LogP) is 5.00. The Morgan fingerprint density at radius 3 is 2.10 bits per heavy atom. The summed E-state index contributed by atoms with van der Waals surface area (Å²) in [5, 5.41) is 7.47. The molecule has 0 atom stereocenters. The van der Waals surface area contributed by atoms with Crippen LogP contribution >= 0.6 is 35.4 Å². The Morgan fingerprint density at radius 1 is 1.05 bits per heavy atom. The molecule has 0 heterocycles. The van der Waals surface area contributed by atoms with Crippen LogP contribution in [0.3, 0.4) is 0 Å². The maximum Gasteiger partial charge on any atom is 0.175 e. The molecule has 0 aromatic heterocycles. The Balaban J connectivity index is 2.16. The van der Waals surface area contributed by atoms with Crippen LogP contribution in [0.5, 0.6) is 0 Å². The topological polar surface area (TPSA) is 50.1 Å². The third-order valence-corrected chi connectivity index (χ3v) is 3.89. The minimum Gasteiger partial charge on any atom is -0.396 e. The summed E-state index contributed by atoms with van der Waals surface area (Å²) in [5.41, 5.74) is 9.97. The first-order valence-electron chi connectivity index (χ1n) is 6.27. The number of nitrogens with two attached hydrogens (primary N) is 1. The summed E-state index contributed by atoms with van der Waals surface area (Å²) in [6.07, 6.45) is 0. The molecular weight excluding hydrogens is 325 g/mol. The number of hydrogen-bond acceptors (Lipinski definition) is 2. The second kappa shape index (κ2) is 6.52. The van der Waals surface area contributed by atoms with E-state index < -0.39 is 0 Å². The smallest absolute Gasteiger partial charge is 0.175 e. The third kappa shape index (κ3) is 3.79. The van der Waals surface area contributed by atoms with Crippen molar-refractivity contribution in [3.05, 3.63) is 51.5 Å². The second-order valence-corrected chi connectivity index (χ2v) is 5.92. The lowest BCUT2D eigenvalue weighted by Gasteiger charge is -2.15. The van der Waals surface area contributed by atoms with E-state index in [9.17, 15) is 0 Å². The van der Waals surface area contributed by atoms with Gasteiger partial charge in [0.25, 0.3) is 0 Å². The van der Waals surface area contributed by atoms with Crippen molar-refractivity contribution in [2.45, 2.75) is 13.8 Å². The molecule has 0 radical (unpaired) electrons. The summed E-state index contributed by atoms with van der Waals surface area (Å²) >= 11 is 17.3. The molecule has 6 heteroatoms. The molecule has 2 aromatic carbocycles. The van der Waals surface area contributed by atoms with E-state index in [0.717, 1.165) is 16.8 Å². The Labute approximate surface area is 139 Å². The van der Waals surface area contributed by atoms with Gasteiger partial charge in [-0.1, -0.05) is 41.4 Å². The second-order valence-electron chi connectivity index (χ2n) is 4.70. The van der Waals surface area contributed by atoms with Gasteiger partial charge >= 0.3 is 0 Å². The van der Waals surface area contributed by atoms with Gasteiger partial charge in [0, 0.05) is 11.4 Å². The van der Waals surface area contributed by atoms with Gasteiger partial charge in [-0.25, -0.2) is 0 Å². The number of aryl methyl sites for hydroxylation is 2. The first kappa shape index (κ1) is 15.9. The monoisotopic (exact) mass is 339 g/mol. The van der Waals surface area contributed by atoms with E-state index in [0.29, 0.717) is 26.5 Å². The summed E-state index contributed by atoms with van der Waals surface area (Å²) in [7, 11) is 0. The Bertz CT molecular complexity index is 658. The highest BCUT2D eigenvalue weighted by Gasteiger charge is 2.08. The maximum atomic E-state index is 6.00. The van der Waals surface area contributed by atoms with Gasteiger partial charge in [0.2, 0.25) is 0 Å². The van der Waals surface area contributed by atoms with Gasteiger partial charge in [0.15, 0.2) is 5.11 Å². The lowest BCUT2D eigenvalue weighted by atomic mass is 10.1. The van der Waals surface area contributed by atoms with Crippen LogP contribution in [-0.2, 0) is 0 Å². The molecule has 2 aromatic rings. The van der Waals surface area contributed by atoms with Crippen LogP contribution in [0.15, 0.2) is 30.3 Å². The largest absolute Gasteiger partial charge is 0.396 e. The van der Waals surface area contributed by atoms with Crippen molar-refractivity contribution >= 4 is 57.6 Å². The minimum absolute atomic E-state index is 0.359. The molecule has 0 saturated carbocycles. The van der Waals surface area contributed by atoms with Gasteiger partial charge in [0.05, 0.1) is 15.7 Å². The van der Waals surface area contributed by atoms with Crippen LogP contribution in [0.25, 0.3) is 0 Å². The van der Waals surface area contributed by atoms with Gasteiger partial charge in [-0.2, -0.15) is 0 Å². The van der Waals surface area contributed by atoms with E-state index in [1.165, 1.54) is 0 Å². The number of nitrogen functional groups attached to an aromatic ring is 1. The van der Waals surface area contributed by atoms with E-state index in [4.69, 9.17) is 41.2 Å². The number of rotatable bonds is 2. The normalized spacial score (nSPS) is 10.3. The van der Waals surface area contributed by atoms with Gasteiger partial charge in [0.1, 0.15) is 0 Å². The highest BCUT2D eigenvalue weighted by Crippen LogP contribution is 2.31. The summed E-state index contributed by atoms with van der Waals surface area (Å²) in [5.74, 6) is 0. The van der Waals surface area contributed by atoms with Crippen LogP contribution in [0.4, 0.5) is 17.1 Å². The lowest BCUT2D eigenvalue weighted by Crippen LogP contribution is -2.20. The maximum absolute atomic E-state index is 6.00. The Morgan fingerprint density at radius 2 is 1.57 bits per heavy atom. The van der Waals surface area contributed by atoms with E-state index in [2.05, 4.69) is 10.6 Å². The van der Waals surface area contributed by atoms with E-state index in [1.807, 2.05) is 32.0 Å². The molecule has 0 saturated heterocycles. The zero-order valence-corrected chi connectivity index (χ0v) is 14.0. The summed E-state index contributed by atoms with van der Waals surface area (Å²) in [6.45, 7) is 4.05. The van der Waals surface area contributed by atoms with E-state index in [1.54, 1.807) is 12.1 Å². The average molecular weight is 340 g/mol. The molecule has 0 aliphatic rings. The quantitative estimate of drug-likeness (QED) is 0.532. The standard InChI is InChI=1S/C15H15Cl2N3S/c1-8-4-3-5-9(2)14(8)20-15(21)19-10-6-11(16)13(18)12(17)7-10/h3-7H,18H2,1-2H3,(H2,19,20,21). The Kier molecular flexibility index (Phi) is 4.93.